The van der Waals surface area contributed by atoms with Gasteiger partial charge in [-0.15, -0.1) is 0 Å². The number of rotatable bonds is 4. The molecule has 0 unspecified atom stereocenters. The summed E-state index contributed by atoms with van der Waals surface area (Å²) in [5.41, 5.74) is 7.08. The Kier molecular flexibility index (Phi) is 3.90. The van der Waals surface area contributed by atoms with E-state index in [4.69, 9.17) is 5.73 Å². The number of nitrogen functional groups attached to an aromatic ring is 1. The van der Waals surface area contributed by atoms with Crippen LogP contribution >= 0.6 is 0 Å². The predicted octanol–water partition coefficient (Wildman–Crippen LogP) is 1.50. The van der Waals surface area contributed by atoms with Gasteiger partial charge in [0.1, 0.15) is 17.5 Å². The SMILES string of the molecule is C[C@H](c1ncc(F)cn1)c1nn(C)c2nc(N)nc(Nc3cn(C)cn3)c12. The third-order valence-corrected chi connectivity index (χ3v) is 4.12. The number of nitrogens with one attached hydrogen (secondary N) is 1. The van der Waals surface area contributed by atoms with Gasteiger partial charge in [0.05, 0.1) is 35.7 Å². The Hall–Kier alpha value is -3.63. The van der Waals surface area contributed by atoms with Crippen LogP contribution in [0.3, 0.4) is 0 Å². The van der Waals surface area contributed by atoms with Crippen molar-refractivity contribution in [3.8, 4) is 0 Å². The first kappa shape index (κ1) is 16.8. The van der Waals surface area contributed by atoms with Gasteiger partial charge in [0.15, 0.2) is 11.5 Å². The van der Waals surface area contributed by atoms with Gasteiger partial charge >= 0.3 is 0 Å². The third kappa shape index (κ3) is 3.03. The van der Waals surface area contributed by atoms with E-state index in [9.17, 15) is 4.39 Å². The van der Waals surface area contributed by atoms with Gasteiger partial charge in [-0.25, -0.2) is 24.0 Å². The van der Waals surface area contributed by atoms with Gasteiger partial charge in [-0.2, -0.15) is 15.1 Å². The third-order valence-electron chi connectivity index (χ3n) is 4.12. The molecule has 0 aromatic carbocycles. The molecule has 0 bridgehead atoms. The molecule has 4 heterocycles. The first-order chi connectivity index (χ1) is 12.9. The molecule has 3 N–H and O–H groups in total. The molecule has 1 atom stereocenters. The van der Waals surface area contributed by atoms with Crippen molar-refractivity contribution in [1.82, 2.24) is 39.3 Å². The quantitative estimate of drug-likeness (QED) is 0.555. The Morgan fingerprint density at radius 2 is 1.89 bits per heavy atom. The number of hydrogen-bond acceptors (Lipinski definition) is 8. The average Bonchev–Trinajstić information content (AvgIpc) is 3.18. The standard InChI is InChI=1S/C16H17FN10/c1-8(13-19-4-9(17)5-20-13)12-11-14(22-10-6-26(2)7-21-10)23-16(18)24-15(11)27(3)25-12/h4-8H,1-3H3,(H3,18,22,23,24)/t8-/m0/s1. The molecule has 11 heteroatoms. The summed E-state index contributed by atoms with van der Waals surface area (Å²) >= 11 is 0. The lowest BCUT2D eigenvalue weighted by Gasteiger charge is -2.10. The zero-order chi connectivity index (χ0) is 19.1. The second-order valence-electron chi connectivity index (χ2n) is 6.17. The highest BCUT2D eigenvalue weighted by Crippen LogP contribution is 2.32. The lowest BCUT2D eigenvalue weighted by atomic mass is 10.0. The van der Waals surface area contributed by atoms with Gasteiger partial charge in [0.25, 0.3) is 0 Å². The van der Waals surface area contributed by atoms with Gasteiger partial charge in [0.2, 0.25) is 5.95 Å². The lowest BCUT2D eigenvalue weighted by molar-refractivity contribution is 0.604. The van der Waals surface area contributed by atoms with Crippen LogP contribution in [-0.4, -0.2) is 39.3 Å². The molecule has 4 rings (SSSR count). The number of aromatic nitrogens is 8. The molecule has 0 saturated carbocycles. The van der Waals surface area contributed by atoms with Crippen LogP contribution in [0.25, 0.3) is 11.0 Å². The van der Waals surface area contributed by atoms with Gasteiger partial charge in [0, 0.05) is 20.3 Å². The number of hydrogen-bond donors (Lipinski definition) is 2. The van der Waals surface area contributed by atoms with Crippen LogP contribution in [-0.2, 0) is 14.1 Å². The molecular weight excluding hydrogens is 351 g/mol. The number of fused-ring (bicyclic) bond motifs is 1. The molecule has 0 aliphatic rings. The monoisotopic (exact) mass is 368 g/mol. The van der Waals surface area contributed by atoms with Gasteiger partial charge < -0.3 is 15.6 Å². The molecule has 4 aromatic rings. The number of nitrogens with zero attached hydrogens (tertiary/aromatic N) is 8. The molecule has 138 valence electrons. The summed E-state index contributed by atoms with van der Waals surface area (Å²) in [7, 11) is 3.63. The largest absolute Gasteiger partial charge is 0.368 e. The first-order valence-electron chi connectivity index (χ1n) is 8.15. The fourth-order valence-corrected chi connectivity index (χ4v) is 2.86. The van der Waals surface area contributed by atoms with Crippen molar-refractivity contribution in [3.05, 3.63) is 42.3 Å². The van der Waals surface area contributed by atoms with Crippen molar-refractivity contribution in [2.24, 2.45) is 14.1 Å². The Labute approximate surface area is 153 Å². The van der Waals surface area contributed by atoms with Gasteiger partial charge in [-0.1, -0.05) is 0 Å². The maximum atomic E-state index is 13.2. The fourth-order valence-electron chi connectivity index (χ4n) is 2.86. The van der Waals surface area contributed by atoms with Crippen molar-refractivity contribution in [1.29, 1.82) is 0 Å². The summed E-state index contributed by atoms with van der Waals surface area (Å²) in [5, 5.41) is 8.40. The zero-order valence-corrected chi connectivity index (χ0v) is 14.9. The Bertz CT molecular complexity index is 1110. The average molecular weight is 368 g/mol. The van der Waals surface area contributed by atoms with E-state index in [1.807, 2.05) is 24.7 Å². The van der Waals surface area contributed by atoms with Crippen molar-refractivity contribution in [2.45, 2.75) is 12.8 Å². The highest BCUT2D eigenvalue weighted by molar-refractivity contribution is 5.92. The summed E-state index contributed by atoms with van der Waals surface area (Å²) in [5.74, 6) is 0.833. The summed E-state index contributed by atoms with van der Waals surface area (Å²) in [4.78, 5) is 21.0. The molecule has 27 heavy (non-hydrogen) atoms. The molecule has 0 aliphatic heterocycles. The highest BCUT2D eigenvalue weighted by Gasteiger charge is 2.24. The van der Waals surface area contributed by atoms with Crippen LogP contribution in [0.1, 0.15) is 24.4 Å². The lowest BCUT2D eigenvalue weighted by Crippen LogP contribution is -2.06. The van der Waals surface area contributed by atoms with E-state index in [0.29, 0.717) is 34.2 Å². The normalized spacial score (nSPS) is 12.4. The maximum Gasteiger partial charge on any atom is 0.224 e. The van der Waals surface area contributed by atoms with Crippen LogP contribution in [0, 0.1) is 5.82 Å². The predicted molar refractivity (Wildman–Crippen MR) is 96.7 cm³/mol. The number of halogens is 1. The Morgan fingerprint density at radius 3 is 2.56 bits per heavy atom. The van der Waals surface area contributed by atoms with Crippen LogP contribution in [0.2, 0.25) is 0 Å². The summed E-state index contributed by atoms with van der Waals surface area (Å²) in [6, 6.07) is 0. The van der Waals surface area contributed by atoms with Crippen LogP contribution in [0.4, 0.5) is 22.0 Å². The number of imidazole rings is 1. The fraction of sp³-hybridized carbons (Fsp3) is 0.250. The summed E-state index contributed by atoms with van der Waals surface area (Å²) in [6.07, 6.45) is 5.74. The Balaban J connectivity index is 1.86. The summed E-state index contributed by atoms with van der Waals surface area (Å²) in [6.45, 7) is 1.88. The van der Waals surface area contributed by atoms with E-state index >= 15 is 0 Å². The van der Waals surface area contributed by atoms with E-state index in [1.54, 1.807) is 18.1 Å². The van der Waals surface area contributed by atoms with Crippen molar-refractivity contribution >= 4 is 28.6 Å². The van der Waals surface area contributed by atoms with Crippen LogP contribution in [0.5, 0.6) is 0 Å². The second-order valence-corrected chi connectivity index (χ2v) is 6.17. The zero-order valence-electron chi connectivity index (χ0n) is 14.9. The minimum absolute atomic E-state index is 0.112. The molecule has 0 saturated heterocycles. The molecule has 4 aromatic heterocycles. The van der Waals surface area contributed by atoms with Crippen molar-refractivity contribution in [2.75, 3.05) is 11.1 Å². The first-order valence-corrected chi connectivity index (χ1v) is 8.15. The minimum Gasteiger partial charge on any atom is -0.368 e. The number of anilines is 3. The second kappa shape index (κ2) is 6.27. The molecule has 0 amide bonds. The summed E-state index contributed by atoms with van der Waals surface area (Å²) < 4.78 is 16.6. The molecule has 0 spiro atoms. The molecule has 0 aliphatic carbocycles. The molecule has 10 nitrogen and oxygen atoms in total. The van der Waals surface area contributed by atoms with E-state index in [2.05, 4.69) is 35.3 Å². The highest BCUT2D eigenvalue weighted by atomic mass is 19.1. The van der Waals surface area contributed by atoms with E-state index in [0.717, 1.165) is 12.4 Å². The van der Waals surface area contributed by atoms with Crippen molar-refractivity contribution in [3.63, 3.8) is 0 Å². The number of nitrogens with two attached hydrogens (primary N) is 1. The smallest absolute Gasteiger partial charge is 0.224 e. The van der Waals surface area contributed by atoms with Gasteiger partial charge in [-0.05, 0) is 6.92 Å². The molecule has 0 radical (unpaired) electrons. The van der Waals surface area contributed by atoms with E-state index in [1.165, 1.54) is 0 Å². The Morgan fingerprint density at radius 1 is 1.15 bits per heavy atom. The van der Waals surface area contributed by atoms with Crippen LogP contribution in [0.15, 0.2) is 24.9 Å². The van der Waals surface area contributed by atoms with E-state index < -0.39 is 5.82 Å². The number of aryl methyl sites for hydroxylation is 2. The minimum atomic E-state index is -0.495. The van der Waals surface area contributed by atoms with Gasteiger partial charge in [-0.3, -0.25) is 0 Å². The van der Waals surface area contributed by atoms with Crippen molar-refractivity contribution < 1.29 is 4.39 Å². The maximum absolute atomic E-state index is 13.2. The van der Waals surface area contributed by atoms with E-state index in [-0.39, 0.29) is 11.9 Å². The van der Waals surface area contributed by atoms with Crippen LogP contribution < -0.4 is 11.1 Å². The molecule has 0 fully saturated rings. The molecular formula is C16H17FN10. The topological polar surface area (TPSA) is 125 Å².